The highest BCUT2D eigenvalue weighted by Gasteiger charge is 2.39. The van der Waals surface area contributed by atoms with Crippen molar-refractivity contribution in [2.45, 2.75) is 44.4 Å². The first-order valence-corrected chi connectivity index (χ1v) is 8.97. The molecule has 24 heavy (non-hydrogen) atoms. The van der Waals surface area contributed by atoms with Gasteiger partial charge >= 0.3 is 0 Å². The fourth-order valence-corrected chi connectivity index (χ4v) is 4.91. The van der Waals surface area contributed by atoms with E-state index in [0.717, 1.165) is 24.2 Å². The summed E-state index contributed by atoms with van der Waals surface area (Å²) in [5, 5.41) is 5.65. The van der Waals surface area contributed by atoms with Gasteiger partial charge in [-0.05, 0) is 61.1 Å². The van der Waals surface area contributed by atoms with E-state index in [2.05, 4.69) is 10.6 Å². The zero-order valence-electron chi connectivity index (χ0n) is 13.7. The summed E-state index contributed by atoms with van der Waals surface area (Å²) >= 11 is 0. The van der Waals surface area contributed by atoms with E-state index in [0.29, 0.717) is 17.8 Å². The molecule has 0 saturated heterocycles. The molecule has 4 rings (SSSR count). The molecule has 0 aromatic heterocycles. The maximum atomic E-state index is 13.3. The van der Waals surface area contributed by atoms with E-state index in [1.54, 1.807) is 6.07 Å². The van der Waals surface area contributed by atoms with Crippen LogP contribution in [-0.2, 0) is 9.59 Å². The Kier molecular flexibility index (Phi) is 4.02. The van der Waals surface area contributed by atoms with Crippen molar-refractivity contribution in [1.29, 1.82) is 0 Å². The zero-order chi connectivity index (χ0) is 16.7. The van der Waals surface area contributed by atoms with E-state index in [1.165, 1.54) is 37.8 Å². The Balaban J connectivity index is 1.37. The molecular weight excluding hydrogens is 307 g/mol. The monoisotopic (exact) mass is 330 g/mol. The van der Waals surface area contributed by atoms with Crippen LogP contribution in [0.3, 0.4) is 0 Å². The average molecular weight is 330 g/mol. The van der Waals surface area contributed by atoms with Gasteiger partial charge in [0.2, 0.25) is 11.8 Å². The average Bonchev–Trinajstić information content (AvgIpc) is 3.16. The molecule has 2 bridgehead atoms. The van der Waals surface area contributed by atoms with Crippen LogP contribution in [0.25, 0.3) is 0 Å². The maximum absolute atomic E-state index is 13.3. The molecule has 2 amide bonds. The van der Waals surface area contributed by atoms with E-state index in [-0.39, 0.29) is 18.2 Å². The van der Waals surface area contributed by atoms with Crippen LogP contribution >= 0.6 is 0 Å². The molecule has 128 valence electrons. The van der Waals surface area contributed by atoms with Crippen molar-refractivity contribution < 1.29 is 14.0 Å². The number of nitrogens with one attached hydrogen (secondary N) is 2. The molecule has 1 aromatic rings. The summed E-state index contributed by atoms with van der Waals surface area (Å²) in [6.07, 6.45) is 6.58. The van der Waals surface area contributed by atoms with Gasteiger partial charge in [-0.15, -0.1) is 0 Å². The van der Waals surface area contributed by atoms with Crippen LogP contribution in [0.1, 0.15) is 50.0 Å². The van der Waals surface area contributed by atoms with Gasteiger partial charge in [0.15, 0.2) is 0 Å². The van der Waals surface area contributed by atoms with Crippen molar-refractivity contribution in [2.75, 3.05) is 11.9 Å². The number of rotatable bonds is 4. The number of anilines is 1. The van der Waals surface area contributed by atoms with Crippen molar-refractivity contribution in [1.82, 2.24) is 5.32 Å². The minimum Gasteiger partial charge on any atom is -0.356 e. The van der Waals surface area contributed by atoms with E-state index in [4.69, 9.17) is 0 Å². The van der Waals surface area contributed by atoms with E-state index in [9.17, 15) is 14.0 Å². The summed E-state index contributed by atoms with van der Waals surface area (Å²) in [6, 6.07) is 4.22. The Bertz CT molecular complexity index is 675. The Morgan fingerprint density at radius 3 is 2.92 bits per heavy atom. The van der Waals surface area contributed by atoms with Gasteiger partial charge in [-0.25, -0.2) is 4.39 Å². The van der Waals surface area contributed by atoms with Gasteiger partial charge in [-0.2, -0.15) is 0 Å². The molecule has 4 atom stereocenters. The standard InChI is InChI=1S/C19H23FN2O2/c20-14-3-4-15-16(10-18(23)22-17(15)9-14)19(24)21-6-5-13-8-11-1-2-12(13)7-11/h3-4,9,11-13,16H,1-2,5-8,10H2,(H,21,24)(H,22,23). The third-order valence-corrected chi connectivity index (χ3v) is 6.07. The first kappa shape index (κ1) is 15.6. The first-order chi connectivity index (χ1) is 11.6. The minimum atomic E-state index is -0.519. The SMILES string of the molecule is O=C1CC(C(=O)NCCC2CC3CCC2C3)c2ccc(F)cc2N1. The first-order valence-electron chi connectivity index (χ1n) is 8.97. The van der Waals surface area contributed by atoms with E-state index in [1.807, 2.05) is 0 Å². The third-order valence-electron chi connectivity index (χ3n) is 6.07. The number of carbonyl (C=O) groups is 2. The number of hydrogen-bond acceptors (Lipinski definition) is 2. The highest BCUT2D eigenvalue weighted by Crippen LogP contribution is 2.49. The Morgan fingerprint density at radius 2 is 2.17 bits per heavy atom. The second-order valence-corrected chi connectivity index (χ2v) is 7.55. The summed E-state index contributed by atoms with van der Waals surface area (Å²) in [4.78, 5) is 24.3. The largest absolute Gasteiger partial charge is 0.356 e. The van der Waals surface area contributed by atoms with Gasteiger partial charge in [0.1, 0.15) is 5.82 Å². The number of fused-ring (bicyclic) bond motifs is 3. The second kappa shape index (κ2) is 6.19. The van der Waals surface area contributed by atoms with Gasteiger partial charge in [0.25, 0.3) is 0 Å². The topological polar surface area (TPSA) is 58.2 Å². The van der Waals surface area contributed by atoms with Crippen LogP contribution in [0.15, 0.2) is 18.2 Å². The predicted molar refractivity (Wildman–Crippen MR) is 89.0 cm³/mol. The van der Waals surface area contributed by atoms with Gasteiger partial charge in [-0.3, -0.25) is 9.59 Å². The molecule has 2 saturated carbocycles. The lowest BCUT2D eigenvalue weighted by Crippen LogP contribution is -2.36. The van der Waals surface area contributed by atoms with Crippen molar-refractivity contribution >= 4 is 17.5 Å². The summed E-state index contributed by atoms with van der Waals surface area (Å²) in [5.41, 5.74) is 1.12. The molecule has 1 aliphatic heterocycles. The lowest BCUT2D eigenvalue weighted by Gasteiger charge is -2.26. The van der Waals surface area contributed by atoms with Crippen LogP contribution in [0, 0.1) is 23.6 Å². The molecule has 2 aliphatic carbocycles. The quantitative estimate of drug-likeness (QED) is 0.891. The second-order valence-electron chi connectivity index (χ2n) is 7.55. The minimum absolute atomic E-state index is 0.124. The number of carbonyl (C=O) groups excluding carboxylic acids is 2. The Labute approximate surface area is 141 Å². The van der Waals surface area contributed by atoms with Crippen LogP contribution < -0.4 is 10.6 Å². The van der Waals surface area contributed by atoms with Gasteiger partial charge in [0, 0.05) is 18.7 Å². The van der Waals surface area contributed by atoms with Crippen LogP contribution in [0.2, 0.25) is 0 Å². The molecule has 4 nitrogen and oxygen atoms in total. The summed E-state index contributed by atoms with van der Waals surface area (Å²) in [6.45, 7) is 0.668. The smallest absolute Gasteiger partial charge is 0.228 e. The summed E-state index contributed by atoms with van der Waals surface area (Å²) < 4.78 is 13.3. The third kappa shape index (κ3) is 2.92. The lowest BCUT2D eigenvalue weighted by atomic mass is 9.86. The van der Waals surface area contributed by atoms with Crippen molar-refractivity contribution in [2.24, 2.45) is 17.8 Å². The fraction of sp³-hybridized carbons (Fsp3) is 0.579. The molecule has 1 heterocycles. The predicted octanol–water partition coefficient (Wildman–Crippen LogP) is 3.19. The van der Waals surface area contributed by atoms with E-state index < -0.39 is 11.7 Å². The van der Waals surface area contributed by atoms with E-state index >= 15 is 0 Å². The zero-order valence-corrected chi connectivity index (χ0v) is 13.7. The Morgan fingerprint density at radius 1 is 1.29 bits per heavy atom. The maximum Gasteiger partial charge on any atom is 0.228 e. The van der Waals surface area contributed by atoms with Crippen LogP contribution in [-0.4, -0.2) is 18.4 Å². The van der Waals surface area contributed by atoms with Gasteiger partial charge in [0.05, 0.1) is 5.92 Å². The number of hydrogen-bond donors (Lipinski definition) is 2. The molecule has 2 fully saturated rings. The van der Waals surface area contributed by atoms with Crippen LogP contribution in [0.4, 0.5) is 10.1 Å². The molecule has 0 spiro atoms. The van der Waals surface area contributed by atoms with Crippen molar-refractivity contribution in [3.8, 4) is 0 Å². The lowest BCUT2D eigenvalue weighted by molar-refractivity contribution is -0.126. The van der Waals surface area contributed by atoms with Crippen LogP contribution in [0.5, 0.6) is 0 Å². The number of halogens is 1. The number of benzene rings is 1. The molecule has 4 unspecified atom stereocenters. The summed E-state index contributed by atoms with van der Waals surface area (Å²) in [5.74, 6) is 1.23. The molecule has 0 radical (unpaired) electrons. The molecule has 5 heteroatoms. The highest BCUT2D eigenvalue weighted by atomic mass is 19.1. The molecule has 3 aliphatic rings. The fourth-order valence-electron chi connectivity index (χ4n) is 4.91. The Hall–Kier alpha value is -1.91. The molecule has 2 N–H and O–H groups in total. The van der Waals surface area contributed by atoms with Gasteiger partial charge in [-0.1, -0.05) is 12.5 Å². The highest BCUT2D eigenvalue weighted by molar-refractivity contribution is 6.01. The molecular formula is C19H23FN2O2. The van der Waals surface area contributed by atoms with Crippen molar-refractivity contribution in [3.05, 3.63) is 29.6 Å². The van der Waals surface area contributed by atoms with Crippen molar-refractivity contribution in [3.63, 3.8) is 0 Å². The molecule has 1 aromatic carbocycles. The summed E-state index contributed by atoms with van der Waals surface area (Å²) in [7, 11) is 0. The normalized spacial score (nSPS) is 30.8. The number of amides is 2. The van der Waals surface area contributed by atoms with Gasteiger partial charge < -0.3 is 10.6 Å².